The van der Waals surface area contributed by atoms with Crippen LogP contribution in [-0.4, -0.2) is 47.4 Å². The van der Waals surface area contributed by atoms with Gasteiger partial charge in [-0.05, 0) is 44.2 Å². The van der Waals surface area contributed by atoms with E-state index in [1.165, 1.54) is 0 Å². The number of para-hydroxylation sites is 1. The molecule has 4 amide bonds. The number of nitrogens with zero attached hydrogens (tertiary/aromatic N) is 1. The molecule has 0 spiro atoms. The number of anilines is 1. The van der Waals surface area contributed by atoms with Crippen molar-refractivity contribution < 1.29 is 23.9 Å². The van der Waals surface area contributed by atoms with Gasteiger partial charge in [0.05, 0.1) is 0 Å². The number of hydrogen-bond acceptors (Lipinski definition) is 5. The number of benzene rings is 1. The van der Waals surface area contributed by atoms with Gasteiger partial charge in [-0.2, -0.15) is 0 Å². The van der Waals surface area contributed by atoms with Crippen molar-refractivity contribution in [2.24, 2.45) is 5.92 Å². The van der Waals surface area contributed by atoms with Crippen molar-refractivity contribution in [1.82, 2.24) is 10.2 Å². The van der Waals surface area contributed by atoms with E-state index in [0.29, 0.717) is 18.0 Å². The van der Waals surface area contributed by atoms with Gasteiger partial charge in [0.25, 0.3) is 11.8 Å². The Bertz CT molecular complexity index is 777. The summed E-state index contributed by atoms with van der Waals surface area (Å²) < 4.78 is 4.92. The second-order valence-electron chi connectivity index (χ2n) is 7.61. The van der Waals surface area contributed by atoms with E-state index in [0.717, 1.165) is 16.9 Å². The molecule has 0 radical (unpaired) electrons. The average Bonchev–Trinajstić information content (AvgIpc) is 2.84. The Hall–Kier alpha value is -2.90. The summed E-state index contributed by atoms with van der Waals surface area (Å²) in [5, 5.41) is 5.29. The number of imide groups is 1. The molecule has 0 bridgehead atoms. The van der Waals surface area contributed by atoms with Crippen LogP contribution in [0.1, 0.15) is 39.2 Å². The van der Waals surface area contributed by atoms with E-state index in [-0.39, 0.29) is 0 Å². The summed E-state index contributed by atoms with van der Waals surface area (Å²) in [6, 6.07) is 6.58. The van der Waals surface area contributed by atoms with Crippen molar-refractivity contribution in [2.75, 3.05) is 18.5 Å². The molecule has 1 aromatic rings. The van der Waals surface area contributed by atoms with Crippen LogP contribution in [0.15, 0.2) is 24.3 Å². The number of aryl methyl sites for hydroxylation is 1. The maximum absolute atomic E-state index is 12.6. The van der Waals surface area contributed by atoms with E-state index in [9.17, 15) is 19.2 Å². The van der Waals surface area contributed by atoms with E-state index in [1.807, 2.05) is 32.9 Å². The van der Waals surface area contributed by atoms with Crippen LogP contribution >= 0.6 is 0 Å². The van der Waals surface area contributed by atoms with Crippen molar-refractivity contribution in [1.29, 1.82) is 0 Å². The number of nitrogens with one attached hydrogen (secondary N) is 2. The lowest BCUT2D eigenvalue weighted by atomic mass is 9.92. The number of esters is 1. The first kappa shape index (κ1) is 21.4. The number of urea groups is 1. The minimum Gasteiger partial charge on any atom is -0.454 e. The molecule has 0 aromatic heterocycles. The monoisotopic (exact) mass is 389 g/mol. The standard InChI is InChI=1S/C20H27N3O5/c1-13(2)9-10-20(4)18(26)23(19(27)22-20)11-17(25)28-12-16(24)21-15-8-6-5-7-14(15)3/h5-8,13H,9-12H2,1-4H3,(H,21,24)(H,22,27)/t20-/m0/s1. The molecule has 0 saturated carbocycles. The van der Waals surface area contributed by atoms with Gasteiger partial charge in [-0.1, -0.05) is 32.0 Å². The summed E-state index contributed by atoms with van der Waals surface area (Å²) in [4.78, 5) is 49.5. The maximum Gasteiger partial charge on any atom is 0.326 e. The normalized spacial score (nSPS) is 19.0. The highest BCUT2D eigenvalue weighted by atomic mass is 16.5. The Kier molecular flexibility index (Phi) is 6.77. The maximum atomic E-state index is 12.6. The number of hydrogen-bond donors (Lipinski definition) is 2. The molecule has 8 nitrogen and oxygen atoms in total. The molecule has 152 valence electrons. The molecule has 1 aliphatic rings. The fourth-order valence-corrected chi connectivity index (χ4v) is 2.86. The zero-order chi connectivity index (χ0) is 20.9. The van der Waals surface area contributed by atoms with Crippen LogP contribution in [0, 0.1) is 12.8 Å². The van der Waals surface area contributed by atoms with Crippen molar-refractivity contribution in [3.63, 3.8) is 0 Å². The summed E-state index contributed by atoms with van der Waals surface area (Å²) in [6.45, 7) is 6.52. The molecule has 2 N–H and O–H groups in total. The van der Waals surface area contributed by atoms with Crippen LogP contribution in [0.4, 0.5) is 10.5 Å². The van der Waals surface area contributed by atoms with Crippen molar-refractivity contribution in [3.8, 4) is 0 Å². The van der Waals surface area contributed by atoms with Gasteiger partial charge in [-0.15, -0.1) is 0 Å². The first-order chi connectivity index (χ1) is 13.1. The highest BCUT2D eigenvalue weighted by Gasteiger charge is 2.48. The molecule has 1 atom stereocenters. The first-order valence-electron chi connectivity index (χ1n) is 9.27. The fourth-order valence-electron chi connectivity index (χ4n) is 2.86. The van der Waals surface area contributed by atoms with Crippen LogP contribution in [0.25, 0.3) is 0 Å². The second-order valence-corrected chi connectivity index (χ2v) is 7.61. The van der Waals surface area contributed by atoms with Gasteiger partial charge >= 0.3 is 12.0 Å². The summed E-state index contributed by atoms with van der Waals surface area (Å²) in [6.07, 6.45) is 1.25. The molecule has 2 rings (SSSR count). The Morgan fingerprint density at radius 2 is 1.93 bits per heavy atom. The van der Waals surface area contributed by atoms with Crippen LogP contribution < -0.4 is 10.6 Å². The minimum absolute atomic E-state index is 0.382. The molecule has 8 heteroatoms. The van der Waals surface area contributed by atoms with Gasteiger partial charge in [0, 0.05) is 5.69 Å². The van der Waals surface area contributed by atoms with Gasteiger partial charge in [0.1, 0.15) is 12.1 Å². The third-order valence-electron chi connectivity index (χ3n) is 4.64. The number of carbonyl (C=O) groups excluding carboxylic acids is 4. The van der Waals surface area contributed by atoms with Crippen LogP contribution in [0.5, 0.6) is 0 Å². The van der Waals surface area contributed by atoms with Gasteiger partial charge in [0.2, 0.25) is 0 Å². The Morgan fingerprint density at radius 3 is 2.57 bits per heavy atom. The quantitative estimate of drug-likeness (QED) is 0.524. The minimum atomic E-state index is -1.02. The molecule has 1 saturated heterocycles. The first-order valence-corrected chi connectivity index (χ1v) is 9.27. The number of rotatable bonds is 8. The summed E-state index contributed by atoms with van der Waals surface area (Å²) >= 11 is 0. The molecule has 28 heavy (non-hydrogen) atoms. The third-order valence-corrected chi connectivity index (χ3v) is 4.64. The second kappa shape index (κ2) is 8.86. The number of ether oxygens (including phenoxy) is 1. The van der Waals surface area contributed by atoms with Crippen molar-refractivity contribution in [3.05, 3.63) is 29.8 Å². The lowest BCUT2D eigenvalue weighted by Crippen LogP contribution is -2.44. The molecule has 1 heterocycles. The van der Waals surface area contributed by atoms with Crippen molar-refractivity contribution >= 4 is 29.5 Å². The lowest BCUT2D eigenvalue weighted by molar-refractivity contribution is -0.150. The van der Waals surface area contributed by atoms with Gasteiger partial charge in [-0.3, -0.25) is 19.3 Å². The predicted molar refractivity (Wildman–Crippen MR) is 103 cm³/mol. The summed E-state index contributed by atoms with van der Waals surface area (Å²) in [7, 11) is 0. The Balaban J connectivity index is 1.85. The Morgan fingerprint density at radius 1 is 1.25 bits per heavy atom. The molecule has 1 fully saturated rings. The summed E-state index contributed by atoms with van der Waals surface area (Å²) in [5.41, 5.74) is 0.477. The van der Waals surface area contributed by atoms with Gasteiger partial charge in [0.15, 0.2) is 6.61 Å². The number of amides is 4. The van der Waals surface area contributed by atoms with E-state index in [2.05, 4.69) is 10.6 Å². The molecule has 0 unspecified atom stereocenters. The van der Waals surface area contributed by atoms with Crippen LogP contribution in [-0.2, 0) is 19.1 Å². The summed E-state index contributed by atoms with van der Waals surface area (Å²) in [5.74, 6) is -1.40. The van der Waals surface area contributed by atoms with Crippen LogP contribution in [0.3, 0.4) is 0 Å². The Labute approximate surface area is 164 Å². The van der Waals surface area contributed by atoms with Crippen molar-refractivity contribution in [2.45, 2.75) is 46.1 Å². The predicted octanol–water partition coefficient (Wildman–Crippen LogP) is 2.22. The van der Waals surface area contributed by atoms with E-state index >= 15 is 0 Å². The fraction of sp³-hybridized carbons (Fsp3) is 0.500. The molecule has 1 aromatic carbocycles. The largest absolute Gasteiger partial charge is 0.454 e. The molecule has 0 aliphatic carbocycles. The third kappa shape index (κ3) is 5.31. The average molecular weight is 389 g/mol. The highest BCUT2D eigenvalue weighted by Crippen LogP contribution is 2.24. The molecular formula is C20H27N3O5. The van der Waals surface area contributed by atoms with Crippen LogP contribution in [0.2, 0.25) is 0 Å². The molecular weight excluding hydrogens is 362 g/mol. The van der Waals surface area contributed by atoms with Gasteiger partial charge < -0.3 is 15.4 Å². The van der Waals surface area contributed by atoms with E-state index in [1.54, 1.807) is 19.1 Å². The highest BCUT2D eigenvalue weighted by molar-refractivity contribution is 6.08. The molecule has 1 aliphatic heterocycles. The van der Waals surface area contributed by atoms with E-state index < -0.39 is 42.5 Å². The van der Waals surface area contributed by atoms with E-state index in [4.69, 9.17) is 4.74 Å². The lowest BCUT2D eigenvalue weighted by Gasteiger charge is -2.22. The smallest absolute Gasteiger partial charge is 0.326 e. The zero-order valence-electron chi connectivity index (χ0n) is 16.7. The zero-order valence-corrected chi connectivity index (χ0v) is 16.7. The number of carbonyl (C=O) groups is 4. The SMILES string of the molecule is Cc1ccccc1NC(=O)COC(=O)CN1C(=O)N[C@@](C)(CCC(C)C)C1=O. The van der Waals surface area contributed by atoms with Gasteiger partial charge in [-0.25, -0.2) is 4.79 Å². The topological polar surface area (TPSA) is 105 Å².